The number of hydrogen-bond donors (Lipinski definition) is 0. The molecule has 0 saturated heterocycles. The van der Waals surface area contributed by atoms with Gasteiger partial charge in [-0.05, 0) is 0 Å². The Labute approximate surface area is 108 Å². The van der Waals surface area contributed by atoms with Crippen LogP contribution in [0, 0.1) is 21.4 Å². The van der Waals surface area contributed by atoms with Crippen molar-refractivity contribution in [2.24, 2.45) is 0 Å². The number of nitrogens with zero attached hydrogens (tertiary/aromatic N) is 6. The molecule has 0 unspecified atom stereocenters. The van der Waals surface area contributed by atoms with Gasteiger partial charge in [0.2, 0.25) is 0 Å². The van der Waals surface area contributed by atoms with Gasteiger partial charge in [0.1, 0.15) is 30.0 Å². The lowest BCUT2D eigenvalue weighted by atomic mass is 10.3. The van der Waals surface area contributed by atoms with Crippen LogP contribution in [0.4, 0.5) is 18.9 Å². The Kier molecular flexibility index (Phi) is 3.07. The Morgan fingerprint density at radius 2 is 2.10 bits per heavy atom. The van der Waals surface area contributed by atoms with E-state index in [1.54, 1.807) is 6.07 Å². The highest BCUT2D eigenvalue weighted by Gasteiger charge is 2.34. The van der Waals surface area contributed by atoms with Crippen LogP contribution in [0.25, 0.3) is 5.69 Å². The number of pyridine rings is 1. The second-order valence-corrected chi connectivity index (χ2v) is 3.44. The summed E-state index contributed by atoms with van der Waals surface area (Å²) in [6.45, 7) is 0. The zero-order valence-electron chi connectivity index (χ0n) is 9.37. The molecule has 8 nitrogen and oxygen atoms in total. The monoisotopic (exact) mass is 284 g/mol. The zero-order valence-corrected chi connectivity index (χ0v) is 9.37. The molecule has 20 heavy (non-hydrogen) atoms. The van der Waals surface area contributed by atoms with Crippen molar-refractivity contribution in [3.8, 4) is 11.8 Å². The number of rotatable bonds is 2. The van der Waals surface area contributed by atoms with Gasteiger partial charge in [-0.25, -0.2) is 14.6 Å². The quantitative estimate of drug-likeness (QED) is 0.609. The summed E-state index contributed by atoms with van der Waals surface area (Å²) in [6, 6.07) is 2.03. The first-order valence-corrected chi connectivity index (χ1v) is 4.86. The highest BCUT2D eigenvalue weighted by Crippen LogP contribution is 2.31. The number of hydrogen-bond acceptors (Lipinski definition) is 6. The van der Waals surface area contributed by atoms with E-state index in [0.29, 0.717) is 16.9 Å². The van der Waals surface area contributed by atoms with Crippen LogP contribution >= 0.6 is 0 Å². The summed E-state index contributed by atoms with van der Waals surface area (Å²) in [4.78, 5) is 16.3. The predicted octanol–water partition coefficient (Wildman–Crippen LogP) is 1.46. The van der Waals surface area contributed by atoms with Crippen molar-refractivity contribution in [3.63, 3.8) is 0 Å². The summed E-state index contributed by atoms with van der Waals surface area (Å²) in [6.07, 6.45) is -3.38. The average molecular weight is 284 g/mol. The van der Waals surface area contributed by atoms with E-state index in [0.717, 1.165) is 6.33 Å². The van der Waals surface area contributed by atoms with Crippen LogP contribution in [-0.4, -0.2) is 24.7 Å². The van der Waals surface area contributed by atoms with Crippen molar-refractivity contribution < 1.29 is 18.1 Å². The lowest BCUT2D eigenvalue weighted by Crippen LogP contribution is -2.11. The molecule has 0 atom stereocenters. The van der Waals surface area contributed by atoms with Crippen molar-refractivity contribution in [2.75, 3.05) is 0 Å². The van der Waals surface area contributed by atoms with Gasteiger partial charge in [-0.1, -0.05) is 0 Å². The second-order valence-electron chi connectivity index (χ2n) is 3.44. The Bertz CT molecular complexity index is 717. The van der Waals surface area contributed by atoms with Crippen LogP contribution in [-0.2, 0) is 6.18 Å². The Hall–Kier alpha value is -3.03. The molecule has 2 rings (SSSR count). The van der Waals surface area contributed by atoms with Gasteiger partial charge in [0.05, 0.1) is 4.92 Å². The number of aromatic nitrogens is 4. The van der Waals surface area contributed by atoms with Gasteiger partial charge < -0.3 is 0 Å². The lowest BCUT2D eigenvalue weighted by Gasteiger charge is -2.07. The van der Waals surface area contributed by atoms with E-state index in [4.69, 9.17) is 5.26 Å². The fourth-order valence-corrected chi connectivity index (χ4v) is 1.35. The minimum Gasteiger partial charge on any atom is -0.258 e. The van der Waals surface area contributed by atoms with Crippen LogP contribution in [0.15, 0.2) is 18.6 Å². The molecule has 2 aromatic rings. The molecule has 102 valence electrons. The molecule has 0 bridgehead atoms. The molecular formula is C9H3F3N6O2. The van der Waals surface area contributed by atoms with Gasteiger partial charge in [-0.2, -0.15) is 18.4 Å². The normalized spacial score (nSPS) is 11.1. The van der Waals surface area contributed by atoms with Crippen molar-refractivity contribution >= 4 is 5.69 Å². The first-order chi connectivity index (χ1) is 9.32. The maximum atomic E-state index is 12.6. The van der Waals surface area contributed by atoms with E-state index in [1.807, 2.05) is 0 Å². The summed E-state index contributed by atoms with van der Waals surface area (Å²) in [5.74, 6) is -0.329. The van der Waals surface area contributed by atoms with Crippen LogP contribution in [0.1, 0.15) is 11.5 Å². The van der Waals surface area contributed by atoms with Crippen LogP contribution in [0.2, 0.25) is 0 Å². The van der Waals surface area contributed by atoms with Crippen LogP contribution in [0.5, 0.6) is 0 Å². The van der Waals surface area contributed by atoms with Gasteiger partial charge >= 0.3 is 11.9 Å². The highest BCUT2D eigenvalue weighted by atomic mass is 19.4. The molecule has 2 aromatic heterocycles. The smallest absolute Gasteiger partial charge is 0.258 e. The minimum absolute atomic E-state index is 0.329. The predicted molar refractivity (Wildman–Crippen MR) is 55.5 cm³/mol. The molecule has 0 aliphatic carbocycles. The molecule has 0 fully saturated rings. The Balaban J connectivity index is 2.64. The molecule has 0 aromatic carbocycles. The number of nitro groups is 1. The Morgan fingerprint density at radius 1 is 1.40 bits per heavy atom. The highest BCUT2D eigenvalue weighted by molar-refractivity contribution is 5.51. The summed E-state index contributed by atoms with van der Waals surface area (Å²) in [5, 5.41) is 22.8. The molecule has 0 aliphatic rings. The fourth-order valence-electron chi connectivity index (χ4n) is 1.35. The first kappa shape index (κ1) is 13.4. The van der Waals surface area contributed by atoms with E-state index in [-0.39, 0.29) is 5.82 Å². The minimum atomic E-state index is -4.76. The fraction of sp³-hybridized carbons (Fsp3) is 0.111. The SMILES string of the molecule is N#Cc1ncn(-c2cc(C(F)(F)F)ncc2[N+](=O)[O-])n1. The third kappa shape index (κ3) is 2.39. The molecule has 0 saturated carbocycles. The number of nitriles is 1. The Morgan fingerprint density at radius 3 is 2.60 bits per heavy atom. The van der Waals surface area contributed by atoms with Gasteiger partial charge in [-0.3, -0.25) is 10.1 Å². The number of halogens is 3. The summed E-state index contributed by atoms with van der Waals surface area (Å²) in [5.41, 5.74) is -2.48. The van der Waals surface area contributed by atoms with Crippen molar-refractivity contribution in [2.45, 2.75) is 6.18 Å². The van der Waals surface area contributed by atoms with E-state index in [9.17, 15) is 23.3 Å². The molecule has 0 radical (unpaired) electrons. The van der Waals surface area contributed by atoms with Crippen molar-refractivity contribution in [3.05, 3.63) is 40.2 Å². The molecule has 0 aliphatic heterocycles. The third-order valence-corrected chi connectivity index (χ3v) is 2.19. The van der Waals surface area contributed by atoms with Gasteiger partial charge in [0, 0.05) is 6.07 Å². The topological polar surface area (TPSA) is 111 Å². The van der Waals surface area contributed by atoms with E-state index >= 15 is 0 Å². The summed E-state index contributed by atoms with van der Waals surface area (Å²) < 4.78 is 38.4. The van der Waals surface area contributed by atoms with E-state index in [2.05, 4.69) is 15.1 Å². The van der Waals surface area contributed by atoms with E-state index in [1.165, 1.54) is 0 Å². The third-order valence-electron chi connectivity index (χ3n) is 2.19. The number of alkyl halides is 3. The molecule has 2 heterocycles. The molecule has 11 heteroatoms. The second kappa shape index (κ2) is 4.57. The van der Waals surface area contributed by atoms with Crippen molar-refractivity contribution in [1.82, 2.24) is 19.7 Å². The molecule has 0 amide bonds. The van der Waals surface area contributed by atoms with Gasteiger partial charge in [-0.15, -0.1) is 5.10 Å². The maximum absolute atomic E-state index is 12.6. The standard InChI is InChI=1S/C9H3F3N6O2/c10-9(11,12)7-1-5(6(3-14-7)18(19)20)17-4-15-8(2-13)16-17/h1,3-4H. The van der Waals surface area contributed by atoms with Gasteiger partial charge in [0.25, 0.3) is 5.82 Å². The van der Waals surface area contributed by atoms with Crippen molar-refractivity contribution in [1.29, 1.82) is 5.26 Å². The summed E-state index contributed by atoms with van der Waals surface area (Å²) in [7, 11) is 0. The molecular weight excluding hydrogens is 281 g/mol. The lowest BCUT2D eigenvalue weighted by molar-refractivity contribution is -0.385. The first-order valence-electron chi connectivity index (χ1n) is 4.86. The maximum Gasteiger partial charge on any atom is 0.433 e. The summed E-state index contributed by atoms with van der Waals surface area (Å²) >= 11 is 0. The van der Waals surface area contributed by atoms with Gasteiger partial charge in [0.15, 0.2) is 0 Å². The zero-order chi connectivity index (χ0) is 14.9. The average Bonchev–Trinajstić information content (AvgIpc) is 2.85. The van der Waals surface area contributed by atoms with Crippen LogP contribution in [0.3, 0.4) is 0 Å². The van der Waals surface area contributed by atoms with E-state index < -0.39 is 28.2 Å². The molecule has 0 N–H and O–H groups in total. The van der Waals surface area contributed by atoms with Crippen LogP contribution < -0.4 is 0 Å². The largest absolute Gasteiger partial charge is 0.433 e. The molecule has 0 spiro atoms.